The van der Waals surface area contributed by atoms with Gasteiger partial charge in [0.05, 0.1) is 16.5 Å². The predicted molar refractivity (Wildman–Crippen MR) is 69.4 cm³/mol. The van der Waals surface area contributed by atoms with Crippen molar-refractivity contribution in [1.82, 2.24) is 0 Å². The summed E-state index contributed by atoms with van der Waals surface area (Å²) in [6.45, 7) is 0. The van der Waals surface area contributed by atoms with Gasteiger partial charge in [-0.15, -0.1) is 0 Å². The van der Waals surface area contributed by atoms with Gasteiger partial charge in [-0.05, 0) is 24.3 Å². The van der Waals surface area contributed by atoms with Gasteiger partial charge in [0.1, 0.15) is 17.6 Å². The van der Waals surface area contributed by atoms with Gasteiger partial charge in [-0.1, -0.05) is 0 Å². The molecule has 0 saturated heterocycles. The normalized spacial score (nSPS) is 10.9. The zero-order valence-corrected chi connectivity index (χ0v) is 10.5. The second kappa shape index (κ2) is 5.71. The quantitative estimate of drug-likeness (QED) is 0.363. The standard InChI is InChI=1S/C14H8N2O5/c15-8-10(14(17)18)7-12-5-6-13(21-12)9-1-3-11(4-2-9)16(19)20/h1-7H,(H,17,18)/p-1/b10-7-. The first-order valence-corrected chi connectivity index (χ1v) is 5.69. The summed E-state index contributed by atoms with van der Waals surface area (Å²) in [5, 5.41) is 29.8. The highest BCUT2D eigenvalue weighted by Gasteiger charge is 2.08. The fraction of sp³-hybridized carbons (Fsp3) is 0. The number of non-ortho nitro benzene ring substituents is 1. The smallest absolute Gasteiger partial charge is 0.269 e. The number of furan rings is 1. The van der Waals surface area contributed by atoms with Gasteiger partial charge in [0, 0.05) is 23.8 Å². The minimum absolute atomic E-state index is 0.0471. The van der Waals surface area contributed by atoms with Crippen molar-refractivity contribution in [1.29, 1.82) is 5.26 Å². The molecule has 0 aliphatic heterocycles. The molecule has 0 bridgehead atoms. The average Bonchev–Trinajstić information content (AvgIpc) is 2.93. The molecular weight excluding hydrogens is 276 g/mol. The monoisotopic (exact) mass is 283 g/mol. The van der Waals surface area contributed by atoms with Crippen LogP contribution in [-0.2, 0) is 4.79 Å². The highest BCUT2D eigenvalue weighted by molar-refractivity contribution is 5.94. The number of nitriles is 1. The van der Waals surface area contributed by atoms with Crippen LogP contribution in [0.15, 0.2) is 46.4 Å². The number of rotatable bonds is 4. The van der Waals surface area contributed by atoms with Crippen LogP contribution in [0, 0.1) is 21.4 Å². The number of nitrogens with zero attached hydrogens (tertiary/aromatic N) is 2. The van der Waals surface area contributed by atoms with E-state index in [2.05, 4.69) is 0 Å². The third kappa shape index (κ3) is 3.13. The predicted octanol–water partition coefficient (Wildman–Crippen LogP) is 1.51. The number of hydrogen-bond donors (Lipinski definition) is 0. The van der Waals surface area contributed by atoms with Crippen molar-refractivity contribution in [3.8, 4) is 17.4 Å². The maximum atomic E-state index is 10.6. The Hall–Kier alpha value is -3.40. The minimum Gasteiger partial charge on any atom is -0.544 e. The van der Waals surface area contributed by atoms with E-state index in [4.69, 9.17) is 9.68 Å². The van der Waals surface area contributed by atoms with Crippen molar-refractivity contribution in [2.24, 2.45) is 0 Å². The number of nitro groups is 1. The van der Waals surface area contributed by atoms with Crippen molar-refractivity contribution in [2.45, 2.75) is 0 Å². The summed E-state index contributed by atoms with van der Waals surface area (Å²) in [6, 6.07) is 10.2. The highest BCUT2D eigenvalue weighted by atomic mass is 16.6. The third-order valence-corrected chi connectivity index (χ3v) is 2.62. The molecule has 0 amide bonds. The lowest BCUT2D eigenvalue weighted by Gasteiger charge is -1.98. The summed E-state index contributed by atoms with van der Waals surface area (Å²) in [7, 11) is 0. The number of carboxylic acids is 1. The number of benzene rings is 1. The van der Waals surface area contributed by atoms with Crippen LogP contribution in [0.1, 0.15) is 5.76 Å². The Morgan fingerprint density at radius 2 is 1.90 bits per heavy atom. The highest BCUT2D eigenvalue weighted by Crippen LogP contribution is 2.25. The second-order valence-electron chi connectivity index (χ2n) is 3.96. The van der Waals surface area contributed by atoms with Gasteiger partial charge in [-0.3, -0.25) is 10.1 Å². The molecular formula is C14H7N2O5-. The van der Waals surface area contributed by atoms with Crippen LogP contribution in [0.4, 0.5) is 5.69 Å². The van der Waals surface area contributed by atoms with Crippen molar-refractivity contribution >= 4 is 17.7 Å². The Bertz CT molecular complexity index is 765. The van der Waals surface area contributed by atoms with Crippen LogP contribution in [0.2, 0.25) is 0 Å². The Balaban J connectivity index is 2.30. The molecule has 0 spiro atoms. The van der Waals surface area contributed by atoms with Gasteiger partial charge >= 0.3 is 0 Å². The van der Waals surface area contributed by atoms with Crippen molar-refractivity contribution in [3.05, 3.63) is 57.8 Å². The SMILES string of the molecule is N#C/C(=C/c1ccc(-c2ccc([N+](=O)[O-])cc2)o1)C(=O)[O-]. The summed E-state index contributed by atoms with van der Waals surface area (Å²) in [4.78, 5) is 20.6. The summed E-state index contributed by atoms with van der Waals surface area (Å²) < 4.78 is 5.36. The molecule has 0 aliphatic rings. The lowest BCUT2D eigenvalue weighted by atomic mass is 10.1. The summed E-state index contributed by atoms with van der Waals surface area (Å²) in [6.07, 6.45) is 1.05. The van der Waals surface area contributed by atoms with Crippen LogP contribution in [0.3, 0.4) is 0 Å². The van der Waals surface area contributed by atoms with E-state index in [1.54, 1.807) is 6.07 Å². The molecule has 7 heteroatoms. The zero-order valence-electron chi connectivity index (χ0n) is 10.5. The molecule has 1 heterocycles. The number of carbonyl (C=O) groups is 1. The molecule has 1 aromatic heterocycles. The topological polar surface area (TPSA) is 120 Å². The fourth-order valence-electron chi connectivity index (χ4n) is 1.61. The number of carboxylic acid groups (broad SMARTS) is 1. The Morgan fingerprint density at radius 3 is 2.43 bits per heavy atom. The zero-order chi connectivity index (χ0) is 15.4. The molecule has 21 heavy (non-hydrogen) atoms. The van der Waals surface area contributed by atoms with E-state index in [0.717, 1.165) is 6.08 Å². The van der Waals surface area contributed by atoms with Gasteiger partial charge in [0.15, 0.2) is 0 Å². The Kier molecular flexibility index (Phi) is 3.81. The molecule has 1 aromatic carbocycles. The molecule has 0 unspecified atom stereocenters. The van der Waals surface area contributed by atoms with E-state index < -0.39 is 16.5 Å². The number of hydrogen-bond acceptors (Lipinski definition) is 6. The first-order valence-electron chi connectivity index (χ1n) is 5.69. The summed E-state index contributed by atoms with van der Waals surface area (Å²) >= 11 is 0. The van der Waals surface area contributed by atoms with E-state index >= 15 is 0 Å². The number of nitro benzene ring substituents is 1. The van der Waals surface area contributed by atoms with E-state index in [0.29, 0.717) is 11.3 Å². The first-order chi connectivity index (χ1) is 10.0. The van der Waals surface area contributed by atoms with Crippen molar-refractivity contribution in [3.63, 3.8) is 0 Å². The molecule has 104 valence electrons. The minimum atomic E-state index is -1.59. The number of carbonyl (C=O) groups excluding carboxylic acids is 1. The first kappa shape index (κ1) is 14.0. The van der Waals surface area contributed by atoms with Gasteiger partial charge in [0.25, 0.3) is 5.69 Å². The molecule has 0 atom stereocenters. The van der Waals surface area contributed by atoms with Crippen molar-refractivity contribution < 1.29 is 19.2 Å². The second-order valence-corrected chi connectivity index (χ2v) is 3.96. The van der Waals surface area contributed by atoms with Crippen LogP contribution in [0.25, 0.3) is 17.4 Å². The third-order valence-electron chi connectivity index (χ3n) is 2.62. The molecule has 0 N–H and O–H groups in total. The molecule has 2 aromatic rings. The van der Waals surface area contributed by atoms with E-state index in [1.807, 2.05) is 0 Å². The maximum absolute atomic E-state index is 10.6. The Labute approximate surface area is 118 Å². The van der Waals surface area contributed by atoms with Crippen LogP contribution >= 0.6 is 0 Å². The van der Waals surface area contributed by atoms with E-state index in [9.17, 15) is 20.0 Å². The fourth-order valence-corrected chi connectivity index (χ4v) is 1.61. The maximum Gasteiger partial charge on any atom is 0.269 e. The largest absolute Gasteiger partial charge is 0.544 e. The van der Waals surface area contributed by atoms with Crippen LogP contribution < -0.4 is 5.11 Å². The van der Waals surface area contributed by atoms with Crippen LogP contribution in [0.5, 0.6) is 0 Å². The van der Waals surface area contributed by atoms with E-state index in [-0.39, 0.29) is 11.4 Å². The molecule has 7 nitrogen and oxygen atoms in total. The van der Waals surface area contributed by atoms with Gasteiger partial charge in [-0.2, -0.15) is 5.26 Å². The van der Waals surface area contributed by atoms with Gasteiger partial charge in [-0.25, -0.2) is 0 Å². The van der Waals surface area contributed by atoms with E-state index in [1.165, 1.54) is 36.4 Å². The van der Waals surface area contributed by atoms with Gasteiger partial charge in [0.2, 0.25) is 0 Å². The summed E-state index contributed by atoms with van der Waals surface area (Å²) in [5.41, 5.74) is -0.0130. The molecule has 0 aliphatic carbocycles. The summed E-state index contributed by atoms with van der Waals surface area (Å²) in [5.74, 6) is -1.03. The molecule has 0 radical (unpaired) electrons. The van der Waals surface area contributed by atoms with Crippen molar-refractivity contribution in [2.75, 3.05) is 0 Å². The lowest BCUT2D eigenvalue weighted by Crippen LogP contribution is -2.23. The molecule has 2 rings (SSSR count). The number of aliphatic carboxylic acids is 1. The molecule has 0 saturated carbocycles. The molecule has 0 fully saturated rings. The average molecular weight is 283 g/mol. The van der Waals surface area contributed by atoms with Crippen LogP contribution in [-0.4, -0.2) is 10.9 Å². The lowest BCUT2D eigenvalue weighted by molar-refractivity contribution is -0.384. The van der Waals surface area contributed by atoms with Gasteiger partial charge < -0.3 is 14.3 Å². The Morgan fingerprint density at radius 1 is 1.24 bits per heavy atom.